The Balaban J connectivity index is 3.22. The topological polar surface area (TPSA) is 20.2 Å². The lowest BCUT2D eigenvalue weighted by Crippen LogP contribution is -2.17. The van der Waals surface area contributed by atoms with E-state index in [2.05, 4.69) is 27.7 Å². The van der Waals surface area contributed by atoms with Crippen molar-refractivity contribution in [3.8, 4) is 0 Å². The minimum atomic E-state index is -0.0879. The van der Waals surface area contributed by atoms with Crippen LogP contribution < -0.4 is 0 Å². The molecular formula is C16H34O. The van der Waals surface area contributed by atoms with Gasteiger partial charge in [0, 0.05) is 0 Å². The quantitative estimate of drug-likeness (QED) is 0.514. The van der Waals surface area contributed by atoms with Gasteiger partial charge in [0.15, 0.2) is 0 Å². The van der Waals surface area contributed by atoms with Gasteiger partial charge in [-0.25, -0.2) is 0 Å². The van der Waals surface area contributed by atoms with Gasteiger partial charge >= 0.3 is 0 Å². The Morgan fingerprint density at radius 1 is 0.824 bits per heavy atom. The van der Waals surface area contributed by atoms with Gasteiger partial charge in [-0.05, 0) is 18.3 Å². The van der Waals surface area contributed by atoms with Gasteiger partial charge in [0.1, 0.15) is 0 Å². The molecule has 0 aromatic carbocycles. The molecule has 104 valence electrons. The Morgan fingerprint density at radius 2 is 1.29 bits per heavy atom. The maximum absolute atomic E-state index is 9.86. The van der Waals surface area contributed by atoms with Crippen molar-refractivity contribution in [2.24, 2.45) is 5.41 Å². The fourth-order valence-electron chi connectivity index (χ4n) is 2.32. The molecule has 1 nitrogen and oxygen atoms in total. The molecule has 0 aromatic rings. The molecule has 0 heterocycles. The number of rotatable bonds is 10. The van der Waals surface area contributed by atoms with E-state index in [1.54, 1.807) is 0 Å². The second-order valence-corrected chi connectivity index (χ2v) is 6.68. The van der Waals surface area contributed by atoms with Gasteiger partial charge in [0.25, 0.3) is 0 Å². The van der Waals surface area contributed by atoms with E-state index in [0.717, 1.165) is 12.8 Å². The van der Waals surface area contributed by atoms with Crippen LogP contribution in [0, 0.1) is 5.41 Å². The SMILES string of the molecule is CCCCCCCCCCC(O)CC(C)(C)C. The van der Waals surface area contributed by atoms with Crippen molar-refractivity contribution in [3.05, 3.63) is 0 Å². The summed E-state index contributed by atoms with van der Waals surface area (Å²) in [6, 6.07) is 0. The van der Waals surface area contributed by atoms with Crippen molar-refractivity contribution in [2.75, 3.05) is 0 Å². The van der Waals surface area contributed by atoms with E-state index in [0.29, 0.717) is 0 Å². The Labute approximate surface area is 109 Å². The second-order valence-electron chi connectivity index (χ2n) is 6.68. The first-order valence-corrected chi connectivity index (χ1v) is 7.64. The first-order chi connectivity index (χ1) is 7.95. The van der Waals surface area contributed by atoms with Gasteiger partial charge in [-0.1, -0.05) is 79.1 Å². The highest BCUT2D eigenvalue weighted by atomic mass is 16.3. The van der Waals surface area contributed by atoms with Crippen LogP contribution in [0.25, 0.3) is 0 Å². The first kappa shape index (κ1) is 17.0. The smallest absolute Gasteiger partial charge is 0.0545 e. The van der Waals surface area contributed by atoms with Crippen LogP contribution in [0.2, 0.25) is 0 Å². The molecule has 0 spiro atoms. The van der Waals surface area contributed by atoms with Gasteiger partial charge in [0.05, 0.1) is 6.10 Å². The third-order valence-corrected chi connectivity index (χ3v) is 3.24. The normalized spacial score (nSPS) is 13.9. The van der Waals surface area contributed by atoms with Crippen molar-refractivity contribution < 1.29 is 5.11 Å². The summed E-state index contributed by atoms with van der Waals surface area (Å²) in [5.74, 6) is 0. The van der Waals surface area contributed by atoms with Crippen LogP contribution in [-0.4, -0.2) is 11.2 Å². The summed E-state index contributed by atoms with van der Waals surface area (Å²) in [7, 11) is 0. The van der Waals surface area contributed by atoms with Crippen molar-refractivity contribution in [3.63, 3.8) is 0 Å². The lowest BCUT2D eigenvalue weighted by Gasteiger charge is -2.22. The van der Waals surface area contributed by atoms with E-state index in [-0.39, 0.29) is 11.5 Å². The lowest BCUT2D eigenvalue weighted by molar-refractivity contribution is 0.110. The molecule has 0 aliphatic rings. The molecule has 0 fully saturated rings. The lowest BCUT2D eigenvalue weighted by atomic mass is 9.87. The number of aliphatic hydroxyl groups is 1. The predicted molar refractivity (Wildman–Crippen MR) is 77.3 cm³/mol. The molecule has 0 amide bonds. The van der Waals surface area contributed by atoms with Crippen molar-refractivity contribution in [1.82, 2.24) is 0 Å². The molecular weight excluding hydrogens is 208 g/mol. The molecule has 0 radical (unpaired) electrons. The Morgan fingerprint density at radius 3 is 1.76 bits per heavy atom. The molecule has 0 aliphatic carbocycles. The van der Waals surface area contributed by atoms with Gasteiger partial charge in [0.2, 0.25) is 0 Å². The predicted octanol–water partition coefficient (Wildman–Crippen LogP) is 5.31. The molecule has 1 heteroatoms. The van der Waals surface area contributed by atoms with Gasteiger partial charge < -0.3 is 5.11 Å². The van der Waals surface area contributed by atoms with Crippen LogP contribution >= 0.6 is 0 Å². The molecule has 1 unspecified atom stereocenters. The molecule has 1 atom stereocenters. The number of hydrogen-bond acceptors (Lipinski definition) is 1. The van der Waals surface area contributed by atoms with E-state index in [1.165, 1.54) is 51.4 Å². The molecule has 0 aliphatic heterocycles. The first-order valence-electron chi connectivity index (χ1n) is 7.64. The zero-order chi connectivity index (χ0) is 13.1. The molecule has 1 N–H and O–H groups in total. The molecule has 17 heavy (non-hydrogen) atoms. The highest BCUT2D eigenvalue weighted by Crippen LogP contribution is 2.23. The van der Waals surface area contributed by atoms with Crippen molar-refractivity contribution in [2.45, 2.75) is 98.0 Å². The highest BCUT2D eigenvalue weighted by molar-refractivity contribution is 4.68. The average Bonchev–Trinajstić information content (AvgIpc) is 2.19. The summed E-state index contributed by atoms with van der Waals surface area (Å²) in [5.41, 5.74) is 0.263. The fraction of sp³-hybridized carbons (Fsp3) is 1.00. The fourth-order valence-corrected chi connectivity index (χ4v) is 2.32. The van der Waals surface area contributed by atoms with E-state index in [9.17, 15) is 5.11 Å². The third kappa shape index (κ3) is 13.9. The van der Waals surface area contributed by atoms with Crippen LogP contribution in [0.1, 0.15) is 91.9 Å². The second kappa shape index (κ2) is 9.94. The van der Waals surface area contributed by atoms with E-state index in [4.69, 9.17) is 0 Å². The number of unbranched alkanes of at least 4 members (excludes halogenated alkanes) is 7. The zero-order valence-electron chi connectivity index (χ0n) is 12.6. The standard InChI is InChI=1S/C16H34O/c1-5-6-7-8-9-10-11-12-13-15(17)14-16(2,3)4/h15,17H,5-14H2,1-4H3. The summed E-state index contributed by atoms with van der Waals surface area (Å²) in [5, 5.41) is 9.86. The van der Waals surface area contributed by atoms with E-state index in [1.807, 2.05) is 0 Å². The van der Waals surface area contributed by atoms with E-state index < -0.39 is 0 Å². The third-order valence-electron chi connectivity index (χ3n) is 3.24. The Kier molecular flexibility index (Phi) is 9.91. The van der Waals surface area contributed by atoms with Crippen LogP contribution in [-0.2, 0) is 0 Å². The summed E-state index contributed by atoms with van der Waals surface area (Å²) in [6.45, 7) is 8.86. The summed E-state index contributed by atoms with van der Waals surface area (Å²) < 4.78 is 0. The van der Waals surface area contributed by atoms with Crippen LogP contribution in [0.5, 0.6) is 0 Å². The summed E-state index contributed by atoms with van der Waals surface area (Å²) in [6.07, 6.45) is 12.6. The molecule has 0 bridgehead atoms. The minimum Gasteiger partial charge on any atom is -0.393 e. The number of hydrogen-bond donors (Lipinski definition) is 1. The molecule has 0 saturated carbocycles. The van der Waals surface area contributed by atoms with E-state index >= 15 is 0 Å². The number of aliphatic hydroxyl groups excluding tert-OH is 1. The highest BCUT2D eigenvalue weighted by Gasteiger charge is 2.15. The Bertz CT molecular complexity index is 157. The minimum absolute atomic E-state index is 0.0879. The van der Waals surface area contributed by atoms with Crippen LogP contribution in [0.4, 0.5) is 0 Å². The maximum Gasteiger partial charge on any atom is 0.0545 e. The molecule has 0 saturated heterocycles. The largest absolute Gasteiger partial charge is 0.393 e. The summed E-state index contributed by atoms with van der Waals surface area (Å²) in [4.78, 5) is 0. The van der Waals surface area contributed by atoms with Gasteiger partial charge in [-0.2, -0.15) is 0 Å². The molecule has 0 rings (SSSR count). The van der Waals surface area contributed by atoms with Gasteiger partial charge in [-0.3, -0.25) is 0 Å². The Hall–Kier alpha value is -0.0400. The van der Waals surface area contributed by atoms with Crippen molar-refractivity contribution in [1.29, 1.82) is 0 Å². The monoisotopic (exact) mass is 242 g/mol. The zero-order valence-corrected chi connectivity index (χ0v) is 12.6. The average molecular weight is 242 g/mol. The van der Waals surface area contributed by atoms with Crippen molar-refractivity contribution >= 4 is 0 Å². The summed E-state index contributed by atoms with van der Waals surface area (Å²) >= 11 is 0. The van der Waals surface area contributed by atoms with Crippen LogP contribution in [0.3, 0.4) is 0 Å². The maximum atomic E-state index is 9.86. The molecule has 0 aromatic heterocycles. The van der Waals surface area contributed by atoms with Gasteiger partial charge in [-0.15, -0.1) is 0 Å². The van der Waals surface area contributed by atoms with Crippen LogP contribution in [0.15, 0.2) is 0 Å².